The number of carbonyl (C=O) groups is 1. The molecule has 0 aliphatic rings. The number of nitrogens with zero attached hydrogens (tertiary/aromatic N) is 1. The highest BCUT2D eigenvalue weighted by molar-refractivity contribution is 7.92. The van der Waals surface area contributed by atoms with Crippen LogP contribution in [0.25, 0.3) is 0 Å². The molecule has 0 aliphatic carbocycles. The average Bonchev–Trinajstić information content (AvgIpc) is 2.86. The van der Waals surface area contributed by atoms with Crippen molar-refractivity contribution in [3.05, 3.63) is 41.7 Å². The highest BCUT2D eigenvalue weighted by Gasteiger charge is 2.20. The lowest BCUT2D eigenvalue weighted by molar-refractivity contribution is 0.0996. The van der Waals surface area contributed by atoms with E-state index in [1.165, 1.54) is 0 Å². The number of benzene rings is 1. The van der Waals surface area contributed by atoms with Crippen LogP contribution in [0.3, 0.4) is 0 Å². The van der Waals surface area contributed by atoms with Crippen LogP contribution in [0.2, 0.25) is 0 Å². The van der Waals surface area contributed by atoms with E-state index in [0.29, 0.717) is 12.1 Å². The molecule has 1 aromatic heterocycles. The van der Waals surface area contributed by atoms with Crippen molar-refractivity contribution < 1.29 is 22.0 Å². The van der Waals surface area contributed by atoms with E-state index in [1.807, 2.05) is 4.72 Å². The number of aromatic nitrogens is 2. The fourth-order valence-corrected chi connectivity index (χ4v) is 2.37. The van der Waals surface area contributed by atoms with Crippen LogP contribution in [0.15, 0.2) is 29.4 Å². The number of H-pyrrole nitrogens is 1. The maximum absolute atomic E-state index is 13.5. The summed E-state index contributed by atoms with van der Waals surface area (Å²) in [7, 11) is -4.11. The van der Waals surface area contributed by atoms with Crippen LogP contribution >= 0.6 is 0 Å². The smallest absolute Gasteiger partial charge is 0.265 e. The van der Waals surface area contributed by atoms with E-state index in [1.54, 1.807) is 0 Å². The van der Waals surface area contributed by atoms with Gasteiger partial charge in [-0.3, -0.25) is 14.6 Å². The maximum Gasteiger partial charge on any atom is 0.265 e. The van der Waals surface area contributed by atoms with Crippen LogP contribution in [-0.4, -0.2) is 24.5 Å². The highest BCUT2D eigenvalue weighted by Crippen LogP contribution is 2.22. The molecule has 0 saturated carbocycles. The number of hydrogen-bond donors (Lipinski definition) is 3. The minimum Gasteiger partial charge on any atom is -0.366 e. The van der Waals surface area contributed by atoms with Crippen molar-refractivity contribution >= 4 is 21.6 Å². The molecule has 7 nitrogen and oxygen atoms in total. The molecule has 10 heteroatoms. The van der Waals surface area contributed by atoms with Crippen LogP contribution in [0.5, 0.6) is 0 Å². The molecular formula is C10H8F2N4O3S. The van der Waals surface area contributed by atoms with Gasteiger partial charge >= 0.3 is 0 Å². The summed E-state index contributed by atoms with van der Waals surface area (Å²) in [4.78, 5) is 10.7. The van der Waals surface area contributed by atoms with E-state index in [9.17, 15) is 22.0 Å². The third kappa shape index (κ3) is 2.59. The molecule has 20 heavy (non-hydrogen) atoms. The molecule has 2 rings (SSSR count). The van der Waals surface area contributed by atoms with E-state index in [4.69, 9.17) is 5.73 Å². The number of sulfonamides is 1. The zero-order valence-electron chi connectivity index (χ0n) is 9.72. The van der Waals surface area contributed by atoms with Gasteiger partial charge in [-0.25, -0.2) is 17.2 Å². The van der Waals surface area contributed by atoms with Gasteiger partial charge in [0.1, 0.15) is 16.5 Å². The molecule has 0 saturated heterocycles. The SMILES string of the molecule is NC(=O)c1cc(NS(=O)(=O)c2cn[nH]c2)c(F)cc1F. The van der Waals surface area contributed by atoms with Gasteiger partial charge in [0.05, 0.1) is 17.4 Å². The first-order valence-corrected chi connectivity index (χ1v) is 6.60. The molecule has 0 bridgehead atoms. The van der Waals surface area contributed by atoms with Gasteiger partial charge < -0.3 is 5.73 Å². The number of carbonyl (C=O) groups excluding carboxylic acids is 1. The quantitative estimate of drug-likeness (QED) is 0.765. The number of hydrogen-bond acceptors (Lipinski definition) is 4. The lowest BCUT2D eigenvalue weighted by Crippen LogP contribution is -2.17. The summed E-state index contributed by atoms with van der Waals surface area (Å²) >= 11 is 0. The Morgan fingerprint density at radius 1 is 1.30 bits per heavy atom. The van der Waals surface area contributed by atoms with Gasteiger partial charge in [0, 0.05) is 12.3 Å². The van der Waals surface area contributed by atoms with Gasteiger partial charge in [0.15, 0.2) is 0 Å². The number of rotatable bonds is 4. The van der Waals surface area contributed by atoms with Crippen LogP contribution in [-0.2, 0) is 10.0 Å². The summed E-state index contributed by atoms with van der Waals surface area (Å²) in [6.45, 7) is 0. The summed E-state index contributed by atoms with van der Waals surface area (Å²) in [5, 5.41) is 5.72. The monoisotopic (exact) mass is 302 g/mol. The van der Waals surface area contributed by atoms with Gasteiger partial charge in [0.2, 0.25) is 0 Å². The third-order valence-electron chi connectivity index (χ3n) is 2.35. The van der Waals surface area contributed by atoms with Gasteiger partial charge in [-0.1, -0.05) is 0 Å². The molecule has 2 aromatic rings. The highest BCUT2D eigenvalue weighted by atomic mass is 32.2. The van der Waals surface area contributed by atoms with Gasteiger partial charge in [0.25, 0.3) is 15.9 Å². The van der Waals surface area contributed by atoms with Crippen molar-refractivity contribution in [2.24, 2.45) is 5.73 Å². The second-order valence-electron chi connectivity index (χ2n) is 3.72. The van der Waals surface area contributed by atoms with Crippen LogP contribution < -0.4 is 10.5 Å². The first-order valence-electron chi connectivity index (χ1n) is 5.11. The molecule has 4 N–H and O–H groups in total. The number of primary amides is 1. The standard InChI is InChI=1S/C10H8F2N4O3S/c11-7-2-8(12)9(1-6(7)10(13)17)16-20(18,19)5-3-14-15-4-5/h1-4,16H,(H2,13,17)(H,14,15). The molecule has 1 heterocycles. The summed E-state index contributed by atoms with van der Waals surface area (Å²) in [6, 6.07) is 1.05. The molecule has 0 aliphatic heterocycles. The Balaban J connectivity index is 2.44. The fourth-order valence-electron chi connectivity index (χ4n) is 1.41. The van der Waals surface area contributed by atoms with E-state index >= 15 is 0 Å². The topological polar surface area (TPSA) is 118 Å². The number of anilines is 1. The van der Waals surface area contributed by atoms with Gasteiger partial charge in [-0.2, -0.15) is 5.10 Å². The van der Waals surface area contributed by atoms with Gasteiger partial charge in [-0.05, 0) is 6.07 Å². The predicted molar refractivity (Wildman–Crippen MR) is 64.3 cm³/mol. The Labute approximate surface area is 111 Å². The van der Waals surface area contributed by atoms with Crippen molar-refractivity contribution in [2.75, 3.05) is 4.72 Å². The Hall–Kier alpha value is -2.49. The van der Waals surface area contributed by atoms with E-state index in [0.717, 1.165) is 12.4 Å². The van der Waals surface area contributed by atoms with Crippen LogP contribution in [0.4, 0.5) is 14.5 Å². The first kappa shape index (κ1) is 13.9. The molecular weight excluding hydrogens is 294 g/mol. The second kappa shape index (κ2) is 4.89. The van der Waals surface area contributed by atoms with Crippen molar-refractivity contribution in [3.8, 4) is 0 Å². The van der Waals surface area contributed by atoms with Crippen molar-refractivity contribution in [3.63, 3.8) is 0 Å². The lowest BCUT2D eigenvalue weighted by atomic mass is 10.2. The Kier molecular flexibility index (Phi) is 3.40. The lowest BCUT2D eigenvalue weighted by Gasteiger charge is -2.09. The molecule has 1 aromatic carbocycles. The molecule has 0 atom stereocenters. The largest absolute Gasteiger partial charge is 0.366 e. The summed E-state index contributed by atoms with van der Waals surface area (Å²) < 4.78 is 52.3. The summed E-state index contributed by atoms with van der Waals surface area (Å²) in [5.74, 6) is -3.51. The normalized spacial score (nSPS) is 11.3. The number of nitrogens with two attached hydrogens (primary N) is 1. The molecule has 1 amide bonds. The van der Waals surface area contributed by atoms with E-state index in [2.05, 4.69) is 10.2 Å². The zero-order chi connectivity index (χ0) is 14.9. The summed E-state index contributed by atoms with van der Waals surface area (Å²) in [5.41, 5.74) is 3.67. The van der Waals surface area contributed by atoms with Gasteiger partial charge in [-0.15, -0.1) is 0 Å². The van der Waals surface area contributed by atoms with Crippen molar-refractivity contribution in [1.29, 1.82) is 0 Å². The third-order valence-corrected chi connectivity index (χ3v) is 3.68. The van der Waals surface area contributed by atoms with Crippen molar-refractivity contribution in [1.82, 2.24) is 10.2 Å². The Morgan fingerprint density at radius 2 is 2.00 bits per heavy atom. The Morgan fingerprint density at radius 3 is 2.55 bits per heavy atom. The molecule has 0 radical (unpaired) electrons. The summed E-state index contributed by atoms with van der Waals surface area (Å²) in [6.07, 6.45) is 2.07. The van der Waals surface area contributed by atoms with Crippen LogP contribution in [0.1, 0.15) is 10.4 Å². The second-order valence-corrected chi connectivity index (χ2v) is 5.40. The minimum absolute atomic E-state index is 0.248. The van der Waals surface area contributed by atoms with E-state index in [-0.39, 0.29) is 4.90 Å². The molecule has 0 unspecified atom stereocenters. The molecule has 0 fully saturated rings. The predicted octanol–water partition coefficient (Wildman–Crippen LogP) is 0.588. The average molecular weight is 302 g/mol. The molecule has 106 valence electrons. The zero-order valence-corrected chi connectivity index (χ0v) is 10.5. The molecule has 0 spiro atoms. The number of halogens is 2. The maximum atomic E-state index is 13.5. The van der Waals surface area contributed by atoms with Crippen molar-refractivity contribution in [2.45, 2.75) is 4.90 Å². The minimum atomic E-state index is -4.11. The van der Waals surface area contributed by atoms with E-state index < -0.39 is 38.8 Å². The van der Waals surface area contributed by atoms with Crippen LogP contribution in [0, 0.1) is 11.6 Å². The first-order chi connectivity index (χ1) is 9.31. The number of amides is 1. The number of nitrogens with one attached hydrogen (secondary N) is 2. The Bertz CT molecular complexity index is 759. The fraction of sp³-hybridized carbons (Fsp3) is 0. The number of aromatic amines is 1.